The summed E-state index contributed by atoms with van der Waals surface area (Å²) in [5, 5.41) is 0. The summed E-state index contributed by atoms with van der Waals surface area (Å²) in [5.41, 5.74) is 3.50. The zero-order valence-electron chi connectivity index (χ0n) is 10.6. The van der Waals surface area contributed by atoms with E-state index in [1.54, 1.807) is 11.1 Å². The molecule has 0 amide bonds. The molecule has 1 rings (SSSR count). The van der Waals surface area contributed by atoms with Gasteiger partial charge in [0.05, 0.1) is 0 Å². The Kier molecular flexibility index (Phi) is 4.22. The van der Waals surface area contributed by atoms with Crippen LogP contribution in [0.3, 0.4) is 0 Å². The van der Waals surface area contributed by atoms with E-state index in [-0.39, 0.29) is 0 Å². The van der Waals surface area contributed by atoms with Gasteiger partial charge in [0.25, 0.3) is 0 Å². The number of hydrogen-bond acceptors (Lipinski definition) is 0. The zero-order chi connectivity index (χ0) is 10.7. The summed E-state index contributed by atoms with van der Waals surface area (Å²) in [5.74, 6) is 2.62. The molecule has 0 N–H and O–H groups in total. The number of hydrogen-bond donors (Lipinski definition) is 0. The largest absolute Gasteiger partial charge is 0.0730 e. The van der Waals surface area contributed by atoms with Gasteiger partial charge in [-0.05, 0) is 43.9 Å². The van der Waals surface area contributed by atoms with Crippen LogP contribution in [-0.2, 0) is 0 Å². The third kappa shape index (κ3) is 2.62. The second-order valence-corrected chi connectivity index (χ2v) is 5.46. The molecule has 0 saturated heterocycles. The van der Waals surface area contributed by atoms with Crippen molar-refractivity contribution in [2.24, 2.45) is 17.8 Å². The molecule has 0 saturated carbocycles. The van der Waals surface area contributed by atoms with Crippen molar-refractivity contribution in [1.82, 2.24) is 0 Å². The van der Waals surface area contributed by atoms with Gasteiger partial charge in [-0.1, -0.05) is 45.3 Å². The highest BCUT2D eigenvalue weighted by Gasteiger charge is 2.28. The molecule has 1 aliphatic carbocycles. The van der Waals surface area contributed by atoms with Crippen molar-refractivity contribution in [2.75, 3.05) is 0 Å². The zero-order valence-corrected chi connectivity index (χ0v) is 10.6. The molecule has 0 nitrogen and oxygen atoms in total. The Labute approximate surface area is 89.8 Å². The predicted molar refractivity (Wildman–Crippen MR) is 64.3 cm³/mol. The molecule has 2 atom stereocenters. The molecule has 0 aliphatic heterocycles. The Hall–Kier alpha value is -0.260. The van der Waals surface area contributed by atoms with Crippen molar-refractivity contribution < 1.29 is 0 Å². The molecule has 0 aromatic heterocycles. The van der Waals surface area contributed by atoms with Gasteiger partial charge in [0.2, 0.25) is 0 Å². The molecule has 14 heavy (non-hydrogen) atoms. The molecule has 0 aromatic carbocycles. The van der Waals surface area contributed by atoms with Crippen molar-refractivity contribution in [3.05, 3.63) is 11.1 Å². The third-order valence-electron chi connectivity index (χ3n) is 3.47. The van der Waals surface area contributed by atoms with Gasteiger partial charge < -0.3 is 0 Å². The number of allylic oxidation sites excluding steroid dienone is 2. The fraction of sp³-hybridized carbons (Fsp3) is 0.857. The summed E-state index contributed by atoms with van der Waals surface area (Å²) >= 11 is 0. The summed E-state index contributed by atoms with van der Waals surface area (Å²) in [4.78, 5) is 0. The van der Waals surface area contributed by atoms with Gasteiger partial charge in [-0.2, -0.15) is 0 Å². The van der Waals surface area contributed by atoms with Crippen LogP contribution in [0.25, 0.3) is 0 Å². The van der Waals surface area contributed by atoms with Gasteiger partial charge >= 0.3 is 0 Å². The lowest BCUT2D eigenvalue weighted by atomic mass is 9.69. The van der Waals surface area contributed by atoms with Crippen molar-refractivity contribution in [3.63, 3.8) is 0 Å². The first-order valence-electron chi connectivity index (χ1n) is 6.25. The lowest BCUT2D eigenvalue weighted by Gasteiger charge is -2.36. The smallest absolute Gasteiger partial charge is 0.0189 e. The van der Waals surface area contributed by atoms with Crippen LogP contribution in [0, 0.1) is 17.8 Å². The first-order chi connectivity index (χ1) is 6.56. The van der Waals surface area contributed by atoms with E-state index < -0.39 is 0 Å². The van der Waals surface area contributed by atoms with Gasteiger partial charge in [0.1, 0.15) is 0 Å². The van der Waals surface area contributed by atoms with E-state index >= 15 is 0 Å². The molecule has 0 radical (unpaired) electrons. The highest BCUT2D eigenvalue weighted by molar-refractivity contribution is 5.28. The molecule has 0 heteroatoms. The standard InChI is InChI=1S/C14H26/c1-6-7-13(8-10(2)3)14-11(4)9-12(14)5/h10-11,13H,6-9H2,1-5H3. The van der Waals surface area contributed by atoms with Crippen LogP contribution >= 0.6 is 0 Å². The average molecular weight is 194 g/mol. The second kappa shape index (κ2) is 5.00. The predicted octanol–water partition coefficient (Wildman–Crippen LogP) is 4.81. The molecular formula is C14H26. The van der Waals surface area contributed by atoms with Gasteiger partial charge in [-0.3, -0.25) is 0 Å². The van der Waals surface area contributed by atoms with E-state index in [9.17, 15) is 0 Å². The van der Waals surface area contributed by atoms with E-state index in [4.69, 9.17) is 0 Å². The Morgan fingerprint density at radius 1 is 1.36 bits per heavy atom. The van der Waals surface area contributed by atoms with Crippen LogP contribution in [0.5, 0.6) is 0 Å². The Balaban J connectivity index is 2.63. The summed E-state index contributed by atoms with van der Waals surface area (Å²) < 4.78 is 0. The first-order valence-corrected chi connectivity index (χ1v) is 6.25. The van der Waals surface area contributed by atoms with Crippen LogP contribution in [0.1, 0.15) is 60.3 Å². The summed E-state index contributed by atoms with van der Waals surface area (Å²) in [6, 6.07) is 0. The summed E-state index contributed by atoms with van der Waals surface area (Å²) in [6.45, 7) is 11.7. The maximum Gasteiger partial charge on any atom is -0.0189 e. The molecular weight excluding hydrogens is 168 g/mol. The van der Waals surface area contributed by atoms with Gasteiger partial charge in [-0.25, -0.2) is 0 Å². The normalized spacial score (nSPS) is 24.0. The van der Waals surface area contributed by atoms with Gasteiger partial charge in [0.15, 0.2) is 0 Å². The molecule has 0 bridgehead atoms. The highest BCUT2D eigenvalue weighted by atomic mass is 14.3. The van der Waals surface area contributed by atoms with Crippen LogP contribution in [0.2, 0.25) is 0 Å². The Bertz CT molecular complexity index is 210. The van der Waals surface area contributed by atoms with Crippen LogP contribution in [-0.4, -0.2) is 0 Å². The fourth-order valence-electron chi connectivity index (χ4n) is 3.05. The van der Waals surface area contributed by atoms with E-state index in [0.717, 1.165) is 17.8 Å². The van der Waals surface area contributed by atoms with Crippen LogP contribution in [0.15, 0.2) is 11.1 Å². The first kappa shape index (κ1) is 11.8. The summed E-state index contributed by atoms with van der Waals surface area (Å²) in [6.07, 6.45) is 5.48. The highest BCUT2D eigenvalue weighted by Crippen LogP contribution is 2.42. The number of rotatable bonds is 5. The van der Waals surface area contributed by atoms with E-state index in [1.807, 2.05) is 0 Å². The quantitative estimate of drug-likeness (QED) is 0.551. The Morgan fingerprint density at radius 2 is 2.00 bits per heavy atom. The summed E-state index contributed by atoms with van der Waals surface area (Å²) in [7, 11) is 0. The van der Waals surface area contributed by atoms with Crippen molar-refractivity contribution in [2.45, 2.75) is 60.3 Å². The lowest BCUT2D eigenvalue weighted by Crippen LogP contribution is -2.22. The minimum atomic E-state index is 0.847. The third-order valence-corrected chi connectivity index (χ3v) is 3.47. The average Bonchev–Trinajstić information content (AvgIpc) is 2.02. The molecule has 0 fully saturated rings. The Morgan fingerprint density at radius 3 is 2.36 bits per heavy atom. The minimum Gasteiger partial charge on any atom is -0.0730 e. The van der Waals surface area contributed by atoms with Crippen LogP contribution in [0.4, 0.5) is 0 Å². The van der Waals surface area contributed by atoms with E-state index in [1.165, 1.54) is 25.7 Å². The maximum absolute atomic E-state index is 2.39. The molecule has 0 heterocycles. The monoisotopic (exact) mass is 194 g/mol. The fourth-order valence-corrected chi connectivity index (χ4v) is 3.05. The van der Waals surface area contributed by atoms with E-state index in [2.05, 4.69) is 34.6 Å². The SMILES string of the molecule is CCCC(CC(C)C)C1=C(C)CC1C. The maximum atomic E-state index is 2.39. The minimum absolute atomic E-state index is 0.847. The molecule has 1 aliphatic rings. The van der Waals surface area contributed by atoms with E-state index in [0.29, 0.717) is 0 Å². The van der Waals surface area contributed by atoms with Crippen molar-refractivity contribution in [1.29, 1.82) is 0 Å². The topological polar surface area (TPSA) is 0 Å². The van der Waals surface area contributed by atoms with Gasteiger partial charge in [-0.15, -0.1) is 0 Å². The molecule has 0 spiro atoms. The molecule has 0 aromatic rings. The second-order valence-electron chi connectivity index (χ2n) is 5.46. The lowest BCUT2D eigenvalue weighted by molar-refractivity contribution is 0.369. The van der Waals surface area contributed by atoms with Crippen molar-refractivity contribution >= 4 is 0 Å². The van der Waals surface area contributed by atoms with Crippen molar-refractivity contribution in [3.8, 4) is 0 Å². The molecule has 82 valence electrons. The van der Waals surface area contributed by atoms with Gasteiger partial charge in [0, 0.05) is 0 Å². The van der Waals surface area contributed by atoms with Crippen LogP contribution < -0.4 is 0 Å². The molecule has 2 unspecified atom stereocenters.